The number of amides is 1. The molecule has 0 aliphatic rings. The highest BCUT2D eigenvalue weighted by molar-refractivity contribution is 6.05. The van der Waals surface area contributed by atoms with Gasteiger partial charge in [-0.2, -0.15) is 0 Å². The van der Waals surface area contributed by atoms with E-state index in [-0.39, 0.29) is 5.91 Å². The minimum Gasteiger partial charge on any atom is -0.385 e. The zero-order valence-corrected chi connectivity index (χ0v) is 8.95. The van der Waals surface area contributed by atoms with Crippen molar-refractivity contribution in [3.63, 3.8) is 0 Å². The minimum absolute atomic E-state index is 0.183. The van der Waals surface area contributed by atoms with Crippen LogP contribution in [0.1, 0.15) is 10.4 Å². The lowest BCUT2D eigenvalue weighted by atomic mass is 10.0. The number of hydrogen-bond acceptors (Lipinski definition) is 2. The van der Waals surface area contributed by atoms with Crippen molar-refractivity contribution >= 4 is 11.7 Å². The monoisotopic (exact) mass is 215 g/mol. The summed E-state index contributed by atoms with van der Waals surface area (Å²) >= 11 is 0. The number of aromatic nitrogens is 1. The number of nitrogens with two attached hydrogens (primary N) is 1. The highest BCUT2D eigenvalue weighted by atomic mass is 16.1. The van der Waals surface area contributed by atoms with Crippen molar-refractivity contribution in [2.75, 3.05) is 12.8 Å². The van der Waals surface area contributed by atoms with E-state index < -0.39 is 0 Å². The van der Waals surface area contributed by atoms with Crippen molar-refractivity contribution in [2.45, 2.75) is 0 Å². The van der Waals surface area contributed by atoms with Gasteiger partial charge in [-0.15, -0.1) is 0 Å². The van der Waals surface area contributed by atoms with Gasteiger partial charge in [-0.3, -0.25) is 4.79 Å². The lowest BCUT2D eigenvalue weighted by Crippen LogP contribution is -2.19. The molecule has 4 heteroatoms. The Morgan fingerprint density at radius 3 is 2.62 bits per heavy atom. The molecule has 0 aliphatic heterocycles. The van der Waals surface area contributed by atoms with Gasteiger partial charge >= 0.3 is 0 Å². The van der Waals surface area contributed by atoms with Crippen LogP contribution in [0.15, 0.2) is 36.5 Å². The van der Waals surface area contributed by atoms with Crippen LogP contribution < -0.4 is 11.1 Å². The van der Waals surface area contributed by atoms with E-state index in [0.717, 1.165) is 11.1 Å². The van der Waals surface area contributed by atoms with Crippen LogP contribution in [0.25, 0.3) is 11.1 Å². The maximum absolute atomic E-state index is 11.7. The average Bonchev–Trinajstić information content (AvgIpc) is 2.71. The molecule has 0 fully saturated rings. The molecule has 0 unspecified atom stereocenters. The number of nitrogens with one attached hydrogen (secondary N) is 2. The third kappa shape index (κ3) is 1.65. The maximum atomic E-state index is 11.7. The second kappa shape index (κ2) is 4.10. The molecule has 0 saturated heterocycles. The lowest BCUT2D eigenvalue weighted by molar-refractivity contribution is 0.0965. The SMILES string of the molecule is CNC(=O)c1c(-c2ccccc2)c[nH]c1N. The Hall–Kier alpha value is -2.23. The van der Waals surface area contributed by atoms with Gasteiger partial charge in [-0.05, 0) is 5.56 Å². The molecule has 82 valence electrons. The van der Waals surface area contributed by atoms with E-state index in [2.05, 4.69) is 10.3 Å². The minimum atomic E-state index is -0.183. The van der Waals surface area contributed by atoms with Crippen molar-refractivity contribution < 1.29 is 4.79 Å². The Balaban J connectivity index is 2.55. The van der Waals surface area contributed by atoms with Crippen LogP contribution in [0, 0.1) is 0 Å². The average molecular weight is 215 g/mol. The number of hydrogen-bond donors (Lipinski definition) is 3. The van der Waals surface area contributed by atoms with Crippen LogP contribution in [0.3, 0.4) is 0 Å². The van der Waals surface area contributed by atoms with Gasteiger partial charge in [-0.25, -0.2) is 0 Å². The molecule has 0 atom stereocenters. The van der Waals surface area contributed by atoms with Crippen molar-refractivity contribution in [2.24, 2.45) is 0 Å². The van der Waals surface area contributed by atoms with E-state index in [1.54, 1.807) is 13.2 Å². The summed E-state index contributed by atoms with van der Waals surface area (Å²) in [6.45, 7) is 0. The number of H-pyrrole nitrogens is 1. The summed E-state index contributed by atoms with van der Waals surface area (Å²) in [4.78, 5) is 14.5. The predicted octanol–water partition coefficient (Wildman–Crippen LogP) is 1.62. The first-order valence-electron chi connectivity index (χ1n) is 4.98. The molecule has 2 aromatic rings. The summed E-state index contributed by atoms with van der Waals surface area (Å²) in [5.41, 5.74) is 8.02. The number of rotatable bonds is 2. The predicted molar refractivity (Wildman–Crippen MR) is 64.0 cm³/mol. The zero-order valence-electron chi connectivity index (χ0n) is 8.95. The summed E-state index contributed by atoms with van der Waals surface area (Å²) in [6, 6.07) is 9.65. The van der Waals surface area contributed by atoms with Gasteiger partial charge in [0.15, 0.2) is 0 Å². The van der Waals surface area contributed by atoms with Gasteiger partial charge in [0.25, 0.3) is 5.91 Å². The smallest absolute Gasteiger partial charge is 0.255 e. The largest absolute Gasteiger partial charge is 0.385 e. The van der Waals surface area contributed by atoms with Crippen molar-refractivity contribution in [3.05, 3.63) is 42.1 Å². The fraction of sp³-hybridized carbons (Fsp3) is 0.0833. The molecule has 0 aliphatic carbocycles. The summed E-state index contributed by atoms with van der Waals surface area (Å²) < 4.78 is 0. The van der Waals surface area contributed by atoms with E-state index in [9.17, 15) is 4.79 Å². The number of carbonyl (C=O) groups excluding carboxylic acids is 1. The lowest BCUT2D eigenvalue weighted by Gasteiger charge is -2.03. The first-order valence-corrected chi connectivity index (χ1v) is 4.98. The topological polar surface area (TPSA) is 70.9 Å². The molecule has 1 amide bonds. The van der Waals surface area contributed by atoms with Crippen LogP contribution in [0.4, 0.5) is 5.82 Å². The van der Waals surface area contributed by atoms with E-state index in [1.807, 2.05) is 30.3 Å². The molecule has 4 nitrogen and oxygen atoms in total. The van der Waals surface area contributed by atoms with E-state index in [1.165, 1.54) is 0 Å². The van der Waals surface area contributed by atoms with Crippen LogP contribution in [0.5, 0.6) is 0 Å². The van der Waals surface area contributed by atoms with E-state index in [0.29, 0.717) is 11.4 Å². The zero-order chi connectivity index (χ0) is 11.5. The summed E-state index contributed by atoms with van der Waals surface area (Å²) in [7, 11) is 1.59. The molecule has 4 N–H and O–H groups in total. The molecular weight excluding hydrogens is 202 g/mol. The third-order valence-corrected chi connectivity index (χ3v) is 2.45. The Kier molecular flexibility index (Phi) is 2.64. The first kappa shape index (κ1) is 10.3. The molecule has 1 heterocycles. The molecule has 1 aromatic heterocycles. The molecule has 1 aromatic carbocycles. The van der Waals surface area contributed by atoms with Crippen LogP contribution in [-0.2, 0) is 0 Å². The van der Waals surface area contributed by atoms with Crippen molar-refractivity contribution in [3.8, 4) is 11.1 Å². The Morgan fingerprint density at radius 1 is 1.31 bits per heavy atom. The van der Waals surface area contributed by atoms with Crippen molar-refractivity contribution in [1.29, 1.82) is 0 Å². The second-order valence-corrected chi connectivity index (χ2v) is 3.44. The number of carbonyl (C=O) groups is 1. The summed E-state index contributed by atoms with van der Waals surface area (Å²) in [5.74, 6) is 0.204. The summed E-state index contributed by atoms with van der Waals surface area (Å²) in [6.07, 6.45) is 1.75. The highest BCUT2D eigenvalue weighted by Gasteiger charge is 2.16. The summed E-state index contributed by atoms with van der Waals surface area (Å²) in [5, 5.41) is 2.58. The van der Waals surface area contributed by atoms with E-state index in [4.69, 9.17) is 5.73 Å². The Labute approximate surface area is 93.5 Å². The van der Waals surface area contributed by atoms with Gasteiger partial charge in [0.2, 0.25) is 0 Å². The Bertz CT molecular complexity index is 502. The first-order chi connectivity index (χ1) is 7.74. The molecule has 0 bridgehead atoms. The molecule has 0 saturated carbocycles. The maximum Gasteiger partial charge on any atom is 0.255 e. The Morgan fingerprint density at radius 2 is 2.00 bits per heavy atom. The van der Waals surface area contributed by atoms with E-state index >= 15 is 0 Å². The van der Waals surface area contributed by atoms with Crippen LogP contribution in [-0.4, -0.2) is 17.9 Å². The molecule has 16 heavy (non-hydrogen) atoms. The molecule has 2 rings (SSSR count). The molecule has 0 spiro atoms. The fourth-order valence-corrected chi connectivity index (χ4v) is 1.65. The second-order valence-electron chi connectivity index (χ2n) is 3.44. The number of aromatic amines is 1. The van der Waals surface area contributed by atoms with Crippen LogP contribution >= 0.6 is 0 Å². The third-order valence-electron chi connectivity index (χ3n) is 2.45. The molecular formula is C12H13N3O. The number of anilines is 1. The number of benzene rings is 1. The van der Waals surface area contributed by atoms with Gasteiger partial charge in [0.05, 0.1) is 5.56 Å². The fourth-order valence-electron chi connectivity index (χ4n) is 1.65. The normalized spacial score (nSPS) is 10.1. The van der Waals surface area contributed by atoms with Gasteiger partial charge < -0.3 is 16.0 Å². The van der Waals surface area contributed by atoms with Gasteiger partial charge in [-0.1, -0.05) is 30.3 Å². The van der Waals surface area contributed by atoms with Crippen molar-refractivity contribution in [1.82, 2.24) is 10.3 Å². The van der Waals surface area contributed by atoms with Gasteiger partial charge in [0.1, 0.15) is 5.82 Å². The number of nitrogen functional groups attached to an aromatic ring is 1. The highest BCUT2D eigenvalue weighted by Crippen LogP contribution is 2.27. The van der Waals surface area contributed by atoms with Crippen LogP contribution in [0.2, 0.25) is 0 Å². The quantitative estimate of drug-likeness (QED) is 0.712. The molecule has 0 radical (unpaired) electrons. The standard InChI is InChI=1S/C12H13N3O/c1-14-12(16)10-9(7-15-11(10)13)8-5-3-2-4-6-8/h2-7,15H,13H2,1H3,(H,14,16). The van der Waals surface area contributed by atoms with Gasteiger partial charge in [0, 0.05) is 18.8 Å².